The summed E-state index contributed by atoms with van der Waals surface area (Å²) in [4.78, 5) is 0. The summed E-state index contributed by atoms with van der Waals surface area (Å²) in [6.45, 7) is 3.97. The third kappa shape index (κ3) is 2.65. The van der Waals surface area contributed by atoms with Crippen LogP contribution in [0.1, 0.15) is 25.8 Å². The van der Waals surface area contributed by atoms with E-state index in [4.69, 9.17) is 11.0 Å². The first-order chi connectivity index (χ1) is 7.54. The van der Waals surface area contributed by atoms with Gasteiger partial charge >= 0.3 is 0 Å². The average Bonchev–Trinajstić information content (AvgIpc) is 2.29. The summed E-state index contributed by atoms with van der Waals surface area (Å²) < 4.78 is 0. The van der Waals surface area contributed by atoms with Crippen LogP contribution in [0.5, 0.6) is 0 Å². The predicted molar refractivity (Wildman–Crippen MR) is 65.0 cm³/mol. The molecule has 0 amide bonds. The van der Waals surface area contributed by atoms with E-state index in [1.54, 1.807) is 18.2 Å². The molecule has 1 atom stereocenters. The van der Waals surface area contributed by atoms with Gasteiger partial charge in [-0.1, -0.05) is 6.92 Å². The second-order valence-electron chi connectivity index (χ2n) is 4.11. The number of aliphatic hydroxyl groups is 1. The molecule has 0 aromatic heterocycles. The van der Waals surface area contributed by atoms with Crippen molar-refractivity contribution in [2.45, 2.75) is 25.8 Å². The number of rotatable bonds is 4. The molecule has 1 rings (SSSR count). The molecule has 1 aromatic rings. The Hall–Kier alpha value is -1.73. The van der Waals surface area contributed by atoms with E-state index in [0.717, 1.165) is 12.1 Å². The standard InChI is InChI=1S/C12H17N3O/c1-3-12(2,8-16)15-10-5-4-9(7-13)11(14)6-10/h4-6,15-16H,3,8,14H2,1-2H3. The zero-order chi connectivity index (χ0) is 12.2. The molecule has 0 saturated carbocycles. The van der Waals surface area contributed by atoms with Gasteiger partial charge < -0.3 is 16.2 Å². The van der Waals surface area contributed by atoms with Gasteiger partial charge in [0, 0.05) is 5.69 Å². The second-order valence-corrected chi connectivity index (χ2v) is 4.11. The highest BCUT2D eigenvalue weighted by Crippen LogP contribution is 2.22. The molecular weight excluding hydrogens is 202 g/mol. The second kappa shape index (κ2) is 4.86. The van der Waals surface area contributed by atoms with Crippen LogP contribution in [-0.4, -0.2) is 17.3 Å². The van der Waals surface area contributed by atoms with Gasteiger partial charge in [0.15, 0.2) is 0 Å². The highest BCUT2D eigenvalue weighted by atomic mass is 16.3. The van der Waals surface area contributed by atoms with Crippen LogP contribution in [0.3, 0.4) is 0 Å². The van der Waals surface area contributed by atoms with Gasteiger partial charge in [0.1, 0.15) is 6.07 Å². The van der Waals surface area contributed by atoms with E-state index in [9.17, 15) is 5.11 Å². The smallest absolute Gasteiger partial charge is 0.101 e. The maximum atomic E-state index is 9.27. The molecule has 86 valence electrons. The van der Waals surface area contributed by atoms with Gasteiger partial charge in [-0.15, -0.1) is 0 Å². The van der Waals surface area contributed by atoms with Crippen molar-refractivity contribution < 1.29 is 5.11 Å². The lowest BCUT2D eigenvalue weighted by Gasteiger charge is -2.28. The lowest BCUT2D eigenvalue weighted by atomic mass is 9.99. The number of nitrogens with two attached hydrogens (primary N) is 1. The number of benzene rings is 1. The SMILES string of the molecule is CCC(C)(CO)Nc1ccc(C#N)c(N)c1. The number of nitrogen functional groups attached to an aromatic ring is 1. The minimum absolute atomic E-state index is 0.0450. The third-order valence-corrected chi connectivity index (χ3v) is 2.75. The van der Waals surface area contributed by atoms with Gasteiger partial charge in [0.25, 0.3) is 0 Å². The molecule has 1 aromatic carbocycles. The van der Waals surface area contributed by atoms with E-state index in [-0.39, 0.29) is 12.1 Å². The summed E-state index contributed by atoms with van der Waals surface area (Å²) in [5.41, 5.74) is 7.08. The lowest BCUT2D eigenvalue weighted by molar-refractivity contribution is 0.219. The summed E-state index contributed by atoms with van der Waals surface area (Å²) in [5, 5.41) is 21.2. The highest BCUT2D eigenvalue weighted by molar-refractivity contribution is 5.63. The lowest BCUT2D eigenvalue weighted by Crippen LogP contribution is -2.37. The number of hydrogen-bond donors (Lipinski definition) is 3. The van der Waals surface area contributed by atoms with Gasteiger partial charge in [-0.3, -0.25) is 0 Å². The molecule has 0 bridgehead atoms. The Labute approximate surface area is 95.7 Å². The van der Waals surface area contributed by atoms with Crippen molar-refractivity contribution in [3.63, 3.8) is 0 Å². The van der Waals surface area contributed by atoms with Gasteiger partial charge in [0.2, 0.25) is 0 Å². The number of anilines is 2. The van der Waals surface area contributed by atoms with E-state index in [1.165, 1.54) is 0 Å². The fourth-order valence-electron chi connectivity index (χ4n) is 1.33. The van der Waals surface area contributed by atoms with Crippen molar-refractivity contribution in [3.05, 3.63) is 23.8 Å². The number of nitrogens with zero attached hydrogens (tertiary/aromatic N) is 1. The minimum atomic E-state index is -0.361. The van der Waals surface area contributed by atoms with Crippen molar-refractivity contribution in [1.29, 1.82) is 5.26 Å². The molecule has 0 aliphatic heterocycles. The monoisotopic (exact) mass is 219 g/mol. The molecule has 0 aliphatic rings. The summed E-state index contributed by atoms with van der Waals surface area (Å²) in [6.07, 6.45) is 0.795. The summed E-state index contributed by atoms with van der Waals surface area (Å²) in [5.74, 6) is 0. The van der Waals surface area contributed by atoms with E-state index in [2.05, 4.69) is 5.32 Å². The van der Waals surface area contributed by atoms with Crippen molar-refractivity contribution in [3.8, 4) is 6.07 Å². The first-order valence-electron chi connectivity index (χ1n) is 5.23. The summed E-state index contributed by atoms with van der Waals surface area (Å²) >= 11 is 0. The van der Waals surface area contributed by atoms with E-state index >= 15 is 0 Å². The topological polar surface area (TPSA) is 82.1 Å². The Morgan fingerprint density at radius 2 is 2.25 bits per heavy atom. The molecule has 16 heavy (non-hydrogen) atoms. The molecule has 0 saturated heterocycles. The van der Waals surface area contributed by atoms with Crippen LogP contribution in [0.25, 0.3) is 0 Å². The minimum Gasteiger partial charge on any atom is -0.398 e. The van der Waals surface area contributed by atoms with Crippen molar-refractivity contribution >= 4 is 11.4 Å². The fraction of sp³-hybridized carbons (Fsp3) is 0.417. The third-order valence-electron chi connectivity index (χ3n) is 2.75. The Kier molecular flexibility index (Phi) is 3.75. The molecule has 0 aliphatic carbocycles. The maximum absolute atomic E-state index is 9.27. The number of hydrogen-bond acceptors (Lipinski definition) is 4. The Morgan fingerprint density at radius 3 is 2.69 bits per heavy atom. The van der Waals surface area contributed by atoms with Crippen molar-refractivity contribution in [1.82, 2.24) is 0 Å². The molecule has 0 radical (unpaired) electrons. The zero-order valence-corrected chi connectivity index (χ0v) is 9.62. The number of aliphatic hydroxyl groups excluding tert-OH is 1. The Morgan fingerprint density at radius 1 is 1.56 bits per heavy atom. The quantitative estimate of drug-likeness (QED) is 0.673. The summed E-state index contributed by atoms with van der Waals surface area (Å²) in [6, 6.07) is 7.18. The molecule has 0 heterocycles. The van der Waals surface area contributed by atoms with Gasteiger partial charge in [0.05, 0.1) is 23.4 Å². The van der Waals surface area contributed by atoms with E-state index < -0.39 is 0 Å². The van der Waals surface area contributed by atoms with Crippen LogP contribution in [0.2, 0.25) is 0 Å². The van der Waals surface area contributed by atoms with Crippen LogP contribution < -0.4 is 11.1 Å². The first kappa shape index (κ1) is 12.3. The number of nitriles is 1. The Bertz CT molecular complexity index is 405. The molecular formula is C12H17N3O. The van der Waals surface area contributed by atoms with Crippen LogP contribution in [0.4, 0.5) is 11.4 Å². The van der Waals surface area contributed by atoms with Crippen LogP contribution in [0, 0.1) is 11.3 Å². The van der Waals surface area contributed by atoms with Gasteiger partial charge in [-0.2, -0.15) is 5.26 Å². The maximum Gasteiger partial charge on any atom is 0.101 e. The van der Waals surface area contributed by atoms with Crippen molar-refractivity contribution in [2.75, 3.05) is 17.7 Å². The summed E-state index contributed by atoms with van der Waals surface area (Å²) in [7, 11) is 0. The predicted octanol–water partition coefficient (Wildman–Crippen LogP) is 1.71. The normalized spacial score (nSPS) is 13.9. The highest BCUT2D eigenvalue weighted by Gasteiger charge is 2.20. The molecule has 0 spiro atoms. The van der Waals surface area contributed by atoms with Gasteiger partial charge in [-0.25, -0.2) is 0 Å². The largest absolute Gasteiger partial charge is 0.398 e. The molecule has 4 nitrogen and oxygen atoms in total. The first-order valence-corrected chi connectivity index (χ1v) is 5.23. The van der Waals surface area contributed by atoms with Crippen molar-refractivity contribution in [2.24, 2.45) is 0 Å². The van der Waals surface area contributed by atoms with Crippen LogP contribution in [0.15, 0.2) is 18.2 Å². The fourth-order valence-corrected chi connectivity index (χ4v) is 1.33. The average molecular weight is 219 g/mol. The van der Waals surface area contributed by atoms with E-state index in [1.807, 2.05) is 19.9 Å². The van der Waals surface area contributed by atoms with E-state index in [0.29, 0.717) is 11.3 Å². The van der Waals surface area contributed by atoms with Crippen LogP contribution >= 0.6 is 0 Å². The molecule has 1 unspecified atom stereocenters. The Balaban J connectivity index is 2.91. The molecule has 0 fully saturated rings. The molecule has 4 N–H and O–H groups in total. The number of nitrogens with one attached hydrogen (secondary N) is 1. The van der Waals surface area contributed by atoms with Gasteiger partial charge in [-0.05, 0) is 31.5 Å². The molecule has 4 heteroatoms. The van der Waals surface area contributed by atoms with Crippen LogP contribution in [-0.2, 0) is 0 Å². The zero-order valence-electron chi connectivity index (χ0n) is 9.62.